The van der Waals surface area contributed by atoms with E-state index in [1.54, 1.807) is 6.07 Å². The number of nitrogens with zero attached hydrogens (tertiary/aromatic N) is 2. The number of carbonyl (C=O) groups excluding carboxylic acids is 1. The Kier molecular flexibility index (Phi) is 17.9. The lowest BCUT2D eigenvalue weighted by molar-refractivity contribution is -0.132. The Hall–Kier alpha value is -1.47. The molecule has 224 valence electrons. The van der Waals surface area contributed by atoms with Crippen molar-refractivity contribution < 1.29 is 14.6 Å². The van der Waals surface area contributed by atoms with Crippen LogP contribution < -0.4 is 10.2 Å². The maximum absolute atomic E-state index is 13.0. The van der Waals surface area contributed by atoms with Crippen LogP contribution in [0.3, 0.4) is 0 Å². The molecule has 12 heteroatoms. The summed E-state index contributed by atoms with van der Waals surface area (Å²) in [7, 11) is 0. The lowest BCUT2D eigenvalue weighted by Gasteiger charge is -2.27. The molecular weight excluding hydrogens is 684 g/mol. The summed E-state index contributed by atoms with van der Waals surface area (Å²) in [5.41, 5.74) is 2.63. The van der Waals surface area contributed by atoms with Gasteiger partial charge in [-0.15, -0.1) is 34.0 Å². The number of benzene rings is 2. The average molecular weight is 725 g/mol. The van der Waals surface area contributed by atoms with Gasteiger partial charge in [-0.3, -0.25) is 9.59 Å². The molecule has 1 heterocycles. The van der Waals surface area contributed by atoms with E-state index in [0.717, 1.165) is 59.6 Å². The van der Waals surface area contributed by atoms with Gasteiger partial charge in [-0.25, -0.2) is 0 Å². The van der Waals surface area contributed by atoms with Crippen LogP contribution in [0.25, 0.3) is 10.2 Å². The largest absolute Gasteiger partial charge is 0.506 e. The zero-order chi connectivity index (χ0) is 27.3. The third kappa shape index (κ3) is 11.8. The molecule has 1 aromatic heterocycles. The normalized spacial score (nSPS) is 10.9. The summed E-state index contributed by atoms with van der Waals surface area (Å²) in [5.74, 6) is 0.185. The van der Waals surface area contributed by atoms with Crippen LogP contribution in [0.5, 0.6) is 5.75 Å². The molecule has 3 N–H and O–H groups in total. The van der Waals surface area contributed by atoms with Gasteiger partial charge in [0.05, 0.1) is 24.3 Å². The van der Waals surface area contributed by atoms with Crippen LogP contribution >= 0.6 is 56.9 Å². The fourth-order valence-corrected chi connectivity index (χ4v) is 5.41. The number of phenolic OH excluding ortho intramolecular Hbond substituents is 1. The molecule has 8 nitrogen and oxygen atoms in total. The van der Waals surface area contributed by atoms with Crippen LogP contribution in [-0.4, -0.2) is 84.8 Å². The Labute approximate surface area is 266 Å². The minimum atomic E-state index is -0.175. The molecule has 0 aliphatic heterocycles. The van der Waals surface area contributed by atoms with Gasteiger partial charge in [0.2, 0.25) is 5.91 Å². The van der Waals surface area contributed by atoms with Crippen molar-refractivity contribution in [2.75, 3.05) is 59.0 Å². The number of fused-ring (bicyclic) bond motifs is 1. The Bertz CT molecular complexity index is 1220. The van der Waals surface area contributed by atoms with E-state index < -0.39 is 0 Å². The zero-order valence-corrected chi connectivity index (χ0v) is 28.1. The van der Waals surface area contributed by atoms with Crippen molar-refractivity contribution in [1.82, 2.24) is 20.1 Å². The number of H-pyrrole nitrogens is 1. The number of likely N-dealkylation sites (N-methyl/N-ethyl adjacent to an activating group) is 1. The molecule has 0 unspecified atom stereocenters. The fraction of sp³-hybridized carbons (Fsp3) is 0.500. The maximum atomic E-state index is 13.0. The van der Waals surface area contributed by atoms with Crippen LogP contribution in [0.15, 0.2) is 41.2 Å². The molecule has 0 aliphatic carbocycles. The van der Waals surface area contributed by atoms with Crippen LogP contribution in [0, 0.1) is 0 Å². The Morgan fingerprint density at radius 1 is 1.05 bits per heavy atom. The number of carbonyl (C=O) groups is 1. The van der Waals surface area contributed by atoms with E-state index in [-0.39, 0.29) is 50.5 Å². The number of nitrogens with one attached hydrogen (secondary N) is 2. The minimum absolute atomic E-state index is 0. The van der Waals surface area contributed by atoms with E-state index >= 15 is 0 Å². The standard InChI is InChI=1S/C28H39ClN4O4S.2BrH/c1-3-32(4-2)16-17-33(25(35)12-19-37-18-11-21-6-5-7-23(29)20-21)15-14-30-13-10-22-8-9-24(34)26-27(22)38-28(36)31-26;;/h5-9,20,30,34H,3-4,10-19H2,1-2H3,(H,31,36);2*1H. The van der Waals surface area contributed by atoms with Gasteiger partial charge >= 0.3 is 4.87 Å². The number of halogens is 3. The molecule has 0 fully saturated rings. The molecule has 0 radical (unpaired) electrons. The zero-order valence-electron chi connectivity index (χ0n) is 23.1. The SMILES string of the molecule is Br.Br.CCN(CC)CCN(CCNCCc1ccc(O)c2[nH]c(=O)sc12)C(=O)CCOCCc1cccc(Cl)c1. The van der Waals surface area contributed by atoms with Gasteiger partial charge in [0.25, 0.3) is 0 Å². The summed E-state index contributed by atoms with van der Waals surface area (Å²) in [6, 6.07) is 11.2. The molecule has 1 amide bonds. The van der Waals surface area contributed by atoms with E-state index in [9.17, 15) is 14.7 Å². The molecule has 0 saturated carbocycles. The molecular formula is C28H41Br2ClN4O4S. The van der Waals surface area contributed by atoms with Crippen molar-refractivity contribution in [3.05, 3.63) is 62.2 Å². The van der Waals surface area contributed by atoms with Crippen LogP contribution in [0.4, 0.5) is 0 Å². The first kappa shape index (κ1) is 36.6. The van der Waals surface area contributed by atoms with E-state index in [1.165, 1.54) is 0 Å². The third-order valence-corrected chi connectivity index (χ3v) is 7.78. The van der Waals surface area contributed by atoms with Crippen LogP contribution in [0.2, 0.25) is 5.02 Å². The van der Waals surface area contributed by atoms with Crippen molar-refractivity contribution in [2.45, 2.75) is 33.1 Å². The smallest absolute Gasteiger partial charge is 0.305 e. The highest BCUT2D eigenvalue weighted by Gasteiger charge is 2.15. The van der Waals surface area contributed by atoms with Gasteiger partial charge in [0.15, 0.2) is 0 Å². The van der Waals surface area contributed by atoms with E-state index in [1.807, 2.05) is 35.2 Å². The van der Waals surface area contributed by atoms with Gasteiger partial charge in [0, 0.05) is 31.2 Å². The maximum Gasteiger partial charge on any atom is 0.305 e. The first-order valence-corrected chi connectivity index (χ1v) is 14.5. The molecule has 0 atom stereocenters. The molecule has 0 bridgehead atoms. The van der Waals surface area contributed by atoms with Crippen molar-refractivity contribution in [3.8, 4) is 5.75 Å². The van der Waals surface area contributed by atoms with Gasteiger partial charge in [-0.05, 0) is 61.8 Å². The number of ether oxygens (including phenoxy) is 1. The second-order valence-electron chi connectivity index (χ2n) is 9.11. The van der Waals surface area contributed by atoms with Crippen LogP contribution in [-0.2, 0) is 22.4 Å². The van der Waals surface area contributed by atoms with Gasteiger partial charge < -0.3 is 29.9 Å². The van der Waals surface area contributed by atoms with Crippen molar-refractivity contribution in [3.63, 3.8) is 0 Å². The number of thiazole rings is 1. The molecule has 0 spiro atoms. The molecule has 2 aromatic carbocycles. The summed E-state index contributed by atoms with van der Waals surface area (Å²) in [6.45, 7) is 10.6. The molecule has 3 aromatic rings. The lowest BCUT2D eigenvalue weighted by atomic mass is 10.1. The summed E-state index contributed by atoms with van der Waals surface area (Å²) in [4.78, 5) is 31.5. The minimum Gasteiger partial charge on any atom is -0.506 e. The van der Waals surface area contributed by atoms with Gasteiger partial charge in [-0.1, -0.05) is 55.0 Å². The summed E-state index contributed by atoms with van der Waals surface area (Å²) in [6.07, 6.45) is 1.83. The second-order valence-corrected chi connectivity index (χ2v) is 10.5. The van der Waals surface area contributed by atoms with Crippen molar-refractivity contribution in [2.24, 2.45) is 0 Å². The quantitative estimate of drug-likeness (QED) is 0.169. The molecule has 3 rings (SSSR count). The summed E-state index contributed by atoms with van der Waals surface area (Å²) >= 11 is 7.15. The lowest BCUT2D eigenvalue weighted by Crippen LogP contribution is -2.42. The van der Waals surface area contributed by atoms with Crippen LogP contribution in [0.1, 0.15) is 31.4 Å². The number of rotatable bonds is 17. The highest BCUT2D eigenvalue weighted by molar-refractivity contribution is 8.93. The van der Waals surface area contributed by atoms with E-state index in [2.05, 4.69) is 29.0 Å². The molecule has 0 saturated heterocycles. The monoisotopic (exact) mass is 722 g/mol. The summed E-state index contributed by atoms with van der Waals surface area (Å²) in [5, 5.41) is 14.1. The topological polar surface area (TPSA) is 97.9 Å². The number of amides is 1. The first-order chi connectivity index (χ1) is 18.4. The predicted octanol–water partition coefficient (Wildman–Crippen LogP) is 5.06. The van der Waals surface area contributed by atoms with Crippen molar-refractivity contribution in [1.29, 1.82) is 0 Å². The first-order valence-electron chi connectivity index (χ1n) is 13.3. The van der Waals surface area contributed by atoms with E-state index in [4.69, 9.17) is 16.3 Å². The Balaban J connectivity index is 0.00000400. The van der Waals surface area contributed by atoms with Crippen molar-refractivity contribution >= 4 is 73.0 Å². The number of aromatic nitrogens is 1. The number of hydrogen-bond donors (Lipinski definition) is 3. The number of aromatic amines is 1. The fourth-order valence-electron chi connectivity index (χ4n) is 4.30. The van der Waals surface area contributed by atoms with E-state index in [0.29, 0.717) is 56.4 Å². The average Bonchev–Trinajstić information content (AvgIpc) is 3.31. The number of aromatic hydroxyl groups is 1. The van der Waals surface area contributed by atoms with Gasteiger partial charge in [-0.2, -0.15) is 0 Å². The second kappa shape index (κ2) is 19.6. The molecule has 40 heavy (non-hydrogen) atoms. The number of phenols is 1. The Morgan fingerprint density at radius 2 is 1.82 bits per heavy atom. The third-order valence-electron chi connectivity index (χ3n) is 6.59. The predicted molar refractivity (Wildman–Crippen MR) is 176 cm³/mol. The highest BCUT2D eigenvalue weighted by atomic mass is 79.9. The number of hydrogen-bond acceptors (Lipinski definition) is 7. The van der Waals surface area contributed by atoms with Gasteiger partial charge in [0.1, 0.15) is 11.3 Å². The molecule has 0 aliphatic rings. The summed E-state index contributed by atoms with van der Waals surface area (Å²) < 4.78 is 6.54. The highest BCUT2D eigenvalue weighted by Crippen LogP contribution is 2.27. The Morgan fingerprint density at radius 3 is 2.55 bits per heavy atom.